The molecule has 0 unspecified atom stereocenters. The largest absolute Gasteiger partial charge is 0.444 e. The zero-order chi connectivity index (χ0) is 20.6. The van der Waals surface area contributed by atoms with E-state index < -0.39 is 11.5 Å². The number of primary amides is 1. The minimum Gasteiger partial charge on any atom is -0.444 e. The number of nitrogens with two attached hydrogens (primary N) is 1. The van der Waals surface area contributed by atoms with Crippen LogP contribution in [0.1, 0.15) is 69.7 Å². The fraction of sp³-hybridized carbons (Fsp3) is 0.571. The minimum absolute atomic E-state index is 0.345. The van der Waals surface area contributed by atoms with Crippen molar-refractivity contribution in [3.05, 3.63) is 30.0 Å². The molecule has 1 aromatic carbocycles. The number of amides is 2. The smallest absolute Gasteiger partial charge is 0.407 e. The van der Waals surface area contributed by atoms with Crippen LogP contribution in [0.25, 0.3) is 10.9 Å². The number of nitrogens with one attached hydrogen (secondary N) is 1. The number of alkyl carbamates (subject to hydrolysis) is 1. The molecule has 0 saturated heterocycles. The Kier molecular flexibility index (Phi) is 7.84. The van der Waals surface area contributed by atoms with E-state index in [4.69, 9.17) is 10.5 Å². The monoisotopic (exact) mass is 388 g/mol. The zero-order valence-corrected chi connectivity index (χ0v) is 17.2. The molecule has 28 heavy (non-hydrogen) atoms. The van der Waals surface area contributed by atoms with Crippen molar-refractivity contribution in [1.82, 2.24) is 15.1 Å². The number of benzene rings is 1. The molecule has 2 amide bonds. The zero-order valence-electron chi connectivity index (χ0n) is 17.2. The quantitative estimate of drug-likeness (QED) is 0.601. The fourth-order valence-electron chi connectivity index (χ4n) is 3.02. The summed E-state index contributed by atoms with van der Waals surface area (Å²) in [4.78, 5) is 22.8. The minimum atomic E-state index is -0.450. The van der Waals surface area contributed by atoms with Gasteiger partial charge in [0.05, 0.1) is 11.7 Å². The first-order valence-electron chi connectivity index (χ1n) is 9.98. The van der Waals surface area contributed by atoms with E-state index >= 15 is 0 Å². The Hall–Kier alpha value is -2.57. The van der Waals surface area contributed by atoms with Crippen molar-refractivity contribution in [2.45, 2.75) is 71.4 Å². The first-order chi connectivity index (χ1) is 13.3. The van der Waals surface area contributed by atoms with E-state index in [1.165, 1.54) is 0 Å². The SMILES string of the molecule is CC(C)(C)OC(=O)NCCCCCCCCn1ncc2cc(C(N)=O)ccc21. The molecule has 0 atom stereocenters. The number of aromatic nitrogens is 2. The van der Waals surface area contributed by atoms with Gasteiger partial charge in [-0.15, -0.1) is 0 Å². The van der Waals surface area contributed by atoms with E-state index in [-0.39, 0.29) is 6.09 Å². The van der Waals surface area contributed by atoms with Crippen LogP contribution in [-0.4, -0.2) is 33.9 Å². The van der Waals surface area contributed by atoms with Gasteiger partial charge >= 0.3 is 6.09 Å². The number of hydrogen-bond donors (Lipinski definition) is 2. The summed E-state index contributed by atoms with van der Waals surface area (Å²) in [5.41, 5.74) is 6.40. The Morgan fingerprint density at radius 1 is 1.11 bits per heavy atom. The predicted octanol–water partition coefficient (Wildman–Crippen LogP) is 4.00. The van der Waals surface area contributed by atoms with Gasteiger partial charge in [0.15, 0.2) is 0 Å². The van der Waals surface area contributed by atoms with Crippen LogP contribution in [0.5, 0.6) is 0 Å². The second kappa shape index (κ2) is 10.1. The van der Waals surface area contributed by atoms with Gasteiger partial charge in [-0.05, 0) is 51.8 Å². The van der Waals surface area contributed by atoms with Crippen LogP contribution < -0.4 is 11.1 Å². The summed E-state index contributed by atoms with van der Waals surface area (Å²) < 4.78 is 7.18. The van der Waals surface area contributed by atoms with Crippen LogP contribution >= 0.6 is 0 Å². The van der Waals surface area contributed by atoms with Crippen LogP contribution in [0.2, 0.25) is 0 Å². The van der Waals surface area contributed by atoms with E-state index in [0.29, 0.717) is 12.1 Å². The van der Waals surface area contributed by atoms with Crippen LogP contribution in [0.4, 0.5) is 4.79 Å². The molecule has 0 saturated carbocycles. The maximum Gasteiger partial charge on any atom is 0.407 e. The summed E-state index contributed by atoms with van der Waals surface area (Å²) >= 11 is 0. The van der Waals surface area contributed by atoms with Crippen molar-refractivity contribution < 1.29 is 14.3 Å². The molecule has 0 radical (unpaired) electrons. The fourth-order valence-corrected chi connectivity index (χ4v) is 3.02. The molecule has 0 fully saturated rings. The van der Waals surface area contributed by atoms with Crippen LogP contribution in [0, 0.1) is 0 Å². The summed E-state index contributed by atoms with van der Waals surface area (Å²) in [6.07, 6.45) is 8.00. The lowest BCUT2D eigenvalue weighted by atomic mass is 10.1. The lowest BCUT2D eigenvalue weighted by Gasteiger charge is -2.19. The highest BCUT2D eigenvalue weighted by atomic mass is 16.6. The molecule has 2 rings (SSSR count). The Labute approximate surface area is 166 Å². The molecule has 0 aliphatic rings. The van der Waals surface area contributed by atoms with Crippen molar-refractivity contribution in [1.29, 1.82) is 0 Å². The van der Waals surface area contributed by atoms with Crippen molar-refractivity contribution >= 4 is 22.9 Å². The third kappa shape index (κ3) is 7.21. The Morgan fingerprint density at radius 2 is 1.79 bits per heavy atom. The number of fused-ring (bicyclic) bond motifs is 1. The second-order valence-corrected chi connectivity index (χ2v) is 8.06. The molecule has 0 aliphatic heterocycles. The Bertz CT molecular complexity index is 793. The molecule has 0 aliphatic carbocycles. The lowest BCUT2D eigenvalue weighted by Crippen LogP contribution is -2.32. The summed E-state index contributed by atoms with van der Waals surface area (Å²) in [5, 5.41) is 8.13. The average molecular weight is 389 g/mol. The predicted molar refractivity (Wildman–Crippen MR) is 110 cm³/mol. The van der Waals surface area contributed by atoms with E-state index in [9.17, 15) is 9.59 Å². The van der Waals surface area contributed by atoms with Gasteiger partial charge in [0.1, 0.15) is 5.60 Å². The van der Waals surface area contributed by atoms with Crippen molar-refractivity contribution in [3.63, 3.8) is 0 Å². The number of aryl methyl sites for hydroxylation is 1. The Morgan fingerprint density at radius 3 is 2.46 bits per heavy atom. The molecule has 7 heteroatoms. The summed E-state index contributed by atoms with van der Waals surface area (Å²) in [7, 11) is 0. The molecule has 154 valence electrons. The van der Waals surface area contributed by atoms with Gasteiger partial charge in [0.25, 0.3) is 0 Å². The van der Waals surface area contributed by atoms with Gasteiger partial charge < -0.3 is 15.8 Å². The summed E-state index contributed by atoms with van der Waals surface area (Å²) in [6.45, 7) is 7.09. The highest BCUT2D eigenvalue weighted by Crippen LogP contribution is 2.17. The topological polar surface area (TPSA) is 99.2 Å². The van der Waals surface area contributed by atoms with Gasteiger partial charge in [0.2, 0.25) is 5.91 Å². The standard InChI is InChI=1S/C21H32N4O3/c1-21(2,3)28-20(27)23-12-8-6-4-5-7-9-13-25-18-11-10-16(19(22)26)14-17(18)15-24-25/h10-11,14-15H,4-9,12-13H2,1-3H3,(H2,22,26)(H,23,27). The maximum absolute atomic E-state index is 11.5. The number of carbonyl (C=O) groups excluding carboxylic acids is 2. The number of ether oxygens (including phenoxy) is 1. The van der Waals surface area contributed by atoms with Gasteiger partial charge in [0, 0.05) is 24.0 Å². The second-order valence-electron chi connectivity index (χ2n) is 8.06. The highest BCUT2D eigenvalue weighted by molar-refractivity contribution is 5.96. The molecule has 1 heterocycles. The van der Waals surface area contributed by atoms with Crippen LogP contribution in [0.3, 0.4) is 0 Å². The van der Waals surface area contributed by atoms with E-state index in [1.54, 1.807) is 18.3 Å². The normalized spacial score (nSPS) is 11.5. The molecular weight excluding hydrogens is 356 g/mol. The number of rotatable bonds is 10. The van der Waals surface area contributed by atoms with Gasteiger partial charge in [-0.1, -0.05) is 25.7 Å². The highest BCUT2D eigenvalue weighted by Gasteiger charge is 2.15. The Balaban J connectivity index is 1.57. The molecule has 7 nitrogen and oxygen atoms in total. The van der Waals surface area contributed by atoms with Gasteiger partial charge in [-0.25, -0.2) is 4.79 Å². The van der Waals surface area contributed by atoms with Crippen LogP contribution in [0.15, 0.2) is 24.4 Å². The summed E-state index contributed by atoms with van der Waals surface area (Å²) in [5.74, 6) is -0.420. The molecule has 2 aromatic rings. The number of hydrogen-bond acceptors (Lipinski definition) is 4. The van der Waals surface area contributed by atoms with Crippen molar-refractivity contribution in [2.24, 2.45) is 5.73 Å². The van der Waals surface area contributed by atoms with E-state index in [0.717, 1.165) is 56.0 Å². The summed E-state index contributed by atoms with van der Waals surface area (Å²) in [6, 6.07) is 5.43. The molecule has 3 N–H and O–H groups in total. The third-order valence-corrected chi connectivity index (χ3v) is 4.39. The molecule has 0 bridgehead atoms. The van der Waals surface area contributed by atoms with E-state index in [2.05, 4.69) is 10.4 Å². The molecule has 0 spiro atoms. The number of nitrogens with zero attached hydrogens (tertiary/aromatic N) is 2. The number of carbonyl (C=O) groups is 2. The van der Waals surface area contributed by atoms with Crippen molar-refractivity contribution in [3.8, 4) is 0 Å². The first-order valence-corrected chi connectivity index (χ1v) is 9.98. The first kappa shape index (κ1) is 21.7. The molecule has 1 aromatic heterocycles. The average Bonchev–Trinajstić information content (AvgIpc) is 3.01. The lowest BCUT2D eigenvalue weighted by molar-refractivity contribution is 0.0526. The van der Waals surface area contributed by atoms with Gasteiger partial charge in [-0.3, -0.25) is 9.48 Å². The van der Waals surface area contributed by atoms with Crippen molar-refractivity contribution in [2.75, 3.05) is 6.54 Å². The van der Waals surface area contributed by atoms with E-state index in [1.807, 2.05) is 31.5 Å². The number of unbranched alkanes of at least 4 members (excludes halogenated alkanes) is 5. The van der Waals surface area contributed by atoms with Gasteiger partial charge in [-0.2, -0.15) is 5.10 Å². The van der Waals surface area contributed by atoms with Crippen LogP contribution in [-0.2, 0) is 11.3 Å². The third-order valence-electron chi connectivity index (χ3n) is 4.39. The maximum atomic E-state index is 11.5. The molecular formula is C21H32N4O3.